The molecule has 2 rings (SSSR count). The molecule has 1 heterocycles. The van der Waals surface area contributed by atoms with Crippen LogP contribution in [0.3, 0.4) is 0 Å². The van der Waals surface area contributed by atoms with E-state index in [1.807, 2.05) is 10.9 Å². The van der Waals surface area contributed by atoms with Crippen molar-refractivity contribution in [3.05, 3.63) is 35.7 Å². The van der Waals surface area contributed by atoms with Crippen molar-refractivity contribution in [1.29, 1.82) is 0 Å². The molecule has 0 amide bonds. The molecule has 2 aromatic rings. The van der Waals surface area contributed by atoms with Crippen LogP contribution in [0, 0.1) is 19.8 Å². The Hall–Kier alpha value is -1.77. The Morgan fingerprint density at radius 3 is 2.67 bits per heavy atom. The molecule has 0 unspecified atom stereocenters. The molecule has 0 aliphatic heterocycles. The monoisotopic (exact) mass is 243 g/mol. The van der Waals surface area contributed by atoms with Crippen molar-refractivity contribution >= 4 is 5.82 Å². The summed E-state index contributed by atoms with van der Waals surface area (Å²) >= 11 is 0. The standard InChI is InChI=1S/C15H21N3/c1-10(2)8-18-9-17-14(15(18)16)13-7-11(3)5-6-12(13)4/h5-7,9-10H,8,16H2,1-4H3. The lowest BCUT2D eigenvalue weighted by Crippen LogP contribution is -2.07. The number of hydrogen-bond acceptors (Lipinski definition) is 2. The van der Waals surface area contributed by atoms with Gasteiger partial charge in [-0.3, -0.25) is 0 Å². The van der Waals surface area contributed by atoms with E-state index >= 15 is 0 Å². The summed E-state index contributed by atoms with van der Waals surface area (Å²) in [5.74, 6) is 1.32. The zero-order valence-electron chi connectivity index (χ0n) is 11.6. The molecule has 0 aliphatic rings. The largest absolute Gasteiger partial charge is 0.383 e. The van der Waals surface area contributed by atoms with Crippen molar-refractivity contribution in [3.8, 4) is 11.3 Å². The molecule has 96 valence electrons. The third kappa shape index (κ3) is 2.40. The predicted molar refractivity (Wildman–Crippen MR) is 76.4 cm³/mol. The smallest absolute Gasteiger partial charge is 0.131 e. The number of anilines is 1. The molecular formula is C15H21N3. The first-order chi connectivity index (χ1) is 8.49. The minimum Gasteiger partial charge on any atom is -0.383 e. The van der Waals surface area contributed by atoms with Crippen LogP contribution in [0.25, 0.3) is 11.3 Å². The number of imidazole rings is 1. The van der Waals surface area contributed by atoms with E-state index in [-0.39, 0.29) is 0 Å². The minimum absolute atomic E-state index is 0.563. The van der Waals surface area contributed by atoms with Gasteiger partial charge in [0.05, 0.1) is 6.33 Å². The molecule has 0 aliphatic carbocycles. The number of rotatable bonds is 3. The Morgan fingerprint density at radius 1 is 1.28 bits per heavy atom. The number of nitrogens with two attached hydrogens (primary N) is 1. The van der Waals surface area contributed by atoms with Gasteiger partial charge in [0.1, 0.15) is 11.5 Å². The normalized spacial score (nSPS) is 11.2. The van der Waals surface area contributed by atoms with Crippen LogP contribution < -0.4 is 5.73 Å². The third-order valence-electron chi connectivity index (χ3n) is 3.09. The molecule has 18 heavy (non-hydrogen) atoms. The van der Waals surface area contributed by atoms with Gasteiger partial charge in [-0.1, -0.05) is 31.5 Å². The summed E-state index contributed by atoms with van der Waals surface area (Å²) in [6.07, 6.45) is 1.84. The zero-order valence-corrected chi connectivity index (χ0v) is 11.6. The van der Waals surface area contributed by atoms with Crippen molar-refractivity contribution in [3.63, 3.8) is 0 Å². The summed E-state index contributed by atoms with van der Waals surface area (Å²) in [5.41, 5.74) is 10.7. The summed E-state index contributed by atoms with van der Waals surface area (Å²) < 4.78 is 2.03. The van der Waals surface area contributed by atoms with Crippen molar-refractivity contribution < 1.29 is 0 Å². The van der Waals surface area contributed by atoms with Crippen molar-refractivity contribution in [2.24, 2.45) is 5.92 Å². The predicted octanol–water partition coefficient (Wildman–Crippen LogP) is 3.41. The second kappa shape index (κ2) is 4.84. The van der Waals surface area contributed by atoms with Gasteiger partial charge in [0, 0.05) is 12.1 Å². The Bertz CT molecular complexity index is 553. The lowest BCUT2D eigenvalue weighted by Gasteiger charge is -2.09. The topological polar surface area (TPSA) is 43.8 Å². The third-order valence-corrected chi connectivity index (χ3v) is 3.09. The highest BCUT2D eigenvalue weighted by molar-refractivity contribution is 5.73. The van der Waals surface area contributed by atoms with Gasteiger partial charge in [-0.25, -0.2) is 4.98 Å². The van der Waals surface area contributed by atoms with Crippen LogP contribution in [0.1, 0.15) is 25.0 Å². The highest BCUT2D eigenvalue weighted by Crippen LogP contribution is 2.28. The average Bonchev–Trinajstić information content (AvgIpc) is 2.64. The number of hydrogen-bond donors (Lipinski definition) is 1. The van der Waals surface area contributed by atoms with E-state index in [0.29, 0.717) is 5.92 Å². The minimum atomic E-state index is 0.563. The molecule has 2 N–H and O–H groups in total. The van der Waals surface area contributed by atoms with Gasteiger partial charge < -0.3 is 10.3 Å². The molecule has 0 saturated carbocycles. The number of nitrogen functional groups attached to an aromatic ring is 1. The second-order valence-corrected chi connectivity index (χ2v) is 5.34. The first kappa shape index (κ1) is 12.7. The van der Waals surface area contributed by atoms with Gasteiger partial charge in [-0.15, -0.1) is 0 Å². The molecule has 0 bridgehead atoms. The van der Waals surface area contributed by atoms with Gasteiger partial charge in [0.2, 0.25) is 0 Å². The molecule has 0 spiro atoms. The van der Waals surface area contributed by atoms with E-state index in [9.17, 15) is 0 Å². The number of nitrogens with zero attached hydrogens (tertiary/aromatic N) is 2. The lowest BCUT2D eigenvalue weighted by atomic mass is 10.0. The number of benzene rings is 1. The quantitative estimate of drug-likeness (QED) is 0.897. The van der Waals surface area contributed by atoms with Crippen LogP contribution in [-0.4, -0.2) is 9.55 Å². The average molecular weight is 243 g/mol. The van der Waals surface area contributed by atoms with Crippen LogP contribution in [0.2, 0.25) is 0 Å². The van der Waals surface area contributed by atoms with E-state index < -0.39 is 0 Å². The summed E-state index contributed by atoms with van der Waals surface area (Å²) in [4.78, 5) is 4.48. The van der Waals surface area contributed by atoms with Gasteiger partial charge in [0.15, 0.2) is 0 Å². The fourth-order valence-electron chi connectivity index (χ4n) is 2.13. The molecule has 0 atom stereocenters. The van der Waals surface area contributed by atoms with Crippen LogP contribution >= 0.6 is 0 Å². The Morgan fingerprint density at radius 2 is 2.00 bits per heavy atom. The molecule has 0 saturated heterocycles. The highest BCUT2D eigenvalue weighted by Gasteiger charge is 2.12. The lowest BCUT2D eigenvalue weighted by molar-refractivity contribution is 0.527. The Labute approximate surface area is 109 Å². The van der Waals surface area contributed by atoms with Gasteiger partial charge in [0.25, 0.3) is 0 Å². The second-order valence-electron chi connectivity index (χ2n) is 5.34. The fraction of sp³-hybridized carbons (Fsp3) is 0.400. The molecule has 1 aromatic carbocycles. The van der Waals surface area contributed by atoms with Gasteiger partial charge >= 0.3 is 0 Å². The molecule has 3 heteroatoms. The fourth-order valence-corrected chi connectivity index (χ4v) is 2.13. The number of aromatic nitrogens is 2. The van der Waals surface area contributed by atoms with E-state index in [2.05, 4.69) is 50.9 Å². The first-order valence-electron chi connectivity index (χ1n) is 6.37. The molecule has 1 aromatic heterocycles. The highest BCUT2D eigenvalue weighted by atomic mass is 15.1. The van der Waals surface area contributed by atoms with Crippen molar-refractivity contribution in [2.45, 2.75) is 34.2 Å². The van der Waals surface area contributed by atoms with E-state index in [1.165, 1.54) is 11.1 Å². The molecule has 3 nitrogen and oxygen atoms in total. The van der Waals surface area contributed by atoms with E-state index in [0.717, 1.165) is 23.6 Å². The Balaban J connectivity index is 2.45. The van der Waals surface area contributed by atoms with E-state index in [4.69, 9.17) is 5.73 Å². The van der Waals surface area contributed by atoms with E-state index in [1.54, 1.807) is 0 Å². The maximum Gasteiger partial charge on any atom is 0.131 e. The van der Waals surface area contributed by atoms with Gasteiger partial charge in [-0.2, -0.15) is 0 Å². The van der Waals surface area contributed by atoms with Crippen LogP contribution in [-0.2, 0) is 6.54 Å². The summed E-state index contributed by atoms with van der Waals surface area (Å²) in [5, 5.41) is 0. The molecule has 0 fully saturated rings. The van der Waals surface area contributed by atoms with Crippen LogP contribution in [0.15, 0.2) is 24.5 Å². The summed E-state index contributed by atoms with van der Waals surface area (Å²) in [6.45, 7) is 9.44. The maximum atomic E-state index is 6.20. The van der Waals surface area contributed by atoms with Crippen molar-refractivity contribution in [2.75, 3.05) is 5.73 Å². The zero-order chi connectivity index (χ0) is 13.3. The maximum absolute atomic E-state index is 6.20. The van der Waals surface area contributed by atoms with Crippen molar-refractivity contribution in [1.82, 2.24) is 9.55 Å². The molecule has 0 radical (unpaired) electrons. The van der Waals surface area contributed by atoms with Gasteiger partial charge in [-0.05, 0) is 31.4 Å². The van der Waals surface area contributed by atoms with Crippen LogP contribution in [0.4, 0.5) is 5.82 Å². The summed E-state index contributed by atoms with van der Waals surface area (Å²) in [6, 6.07) is 6.37. The summed E-state index contributed by atoms with van der Waals surface area (Å²) in [7, 11) is 0. The first-order valence-corrected chi connectivity index (χ1v) is 6.37. The SMILES string of the molecule is Cc1ccc(C)c(-c2ncn(CC(C)C)c2N)c1. The van der Waals surface area contributed by atoms with Crippen LogP contribution in [0.5, 0.6) is 0 Å². The number of aryl methyl sites for hydroxylation is 2. The Kier molecular flexibility index (Phi) is 3.41. The molecular weight excluding hydrogens is 222 g/mol.